The van der Waals surface area contributed by atoms with E-state index >= 15 is 0 Å². The van der Waals surface area contributed by atoms with Crippen LogP contribution in [0.3, 0.4) is 0 Å². The Labute approximate surface area is 120 Å². The number of furan rings is 1. The van der Waals surface area contributed by atoms with Gasteiger partial charge in [-0.15, -0.1) is 0 Å². The van der Waals surface area contributed by atoms with Crippen molar-refractivity contribution in [1.29, 1.82) is 0 Å². The zero-order valence-corrected chi connectivity index (χ0v) is 12.7. The van der Waals surface area contributed by atoms with Crippen molar-refractivity contribution in [3.63, 3.8) is 0 Å². The summed E-state index contributed by atoms with van der Waals surface area (Å²) in [5.41, 5.74) is 9.38. The molecule has 108 valence electrons. The number of fused-ring (bicyclic) bond motifs is 1. The van der Waals surface area contributed by atoms with Crippen LogP contribution in [0.25, 0.3) is 11.0 Å². The number of benzene rings is 1. The Bertz CT molecular complexity index is 645. The molecule has 1 aliphatic carbocycles. The molecule has 0 radical (unpaired) electrons. The van der Waals surface area contributed by atoms with E-state index in [0.29, 0.717) is 12.5 Å². The van der Waals surface area contributed by atoms with Crippen LogP contribution in [0, 0.1) is 0 Å². The van der Waals surface area contributed by atoms with Crippen LogP contribution in [0.2, 0.25) is 0 Å². The van der Waals surface area contributed by atoms with Gasteiger partial charge >= 0.3 is 0 Å². The Morgan fingerprint density at radius 1 is 1.30 bits per heavy atom. The molecule has 3 nitrogen and oxygen atoms in total. The molecule has 2 aromatic rings. The van der Waals surface area contributed by atoms with Gasteiger partial charge < -0.3 is 14.9 Å². The standard InChI is InChI=1S/C17H23NO2/c1-17(2,3)13-8-11(19-4)7-12-15(10-5-6-10)14(9-18)20-16(12)13/h7-8,10H,5-6,9,18H2,1-4H3. The number of nitrogens with two attached hydrogens (primary N) is 1. The summed E-state index contributed by atoms with van der Waals surface area (Å²) >= 11 is 0. The molecule has 3 rings (SSSR count). The van der Waals surface area contributed by atoms with Crippen LogP contribution in [-0.2, 0) is 12.0 Å². The van der Waals surface area contributed by atoms with Crippen molar-refractivity contribution in [1.82, 2.24) is 0 Å². The monoisotopic (exact) mass is 273 g/mol. The number of ether oxygens (including phenoxy) is 1. The van der Waals surface area contributed by atoms with E-state index in [1.54, 1.807) is 7.11 Å². The SMILES string of the molecule is COc1cc(C(C)(C)C)c2oc(CN)c(C3CC3)c2c1. The fourth-order valence-electron chi connectivity index (χ4n) is 2.89. The van der Waals surface area contributed by atoms with Crippen LogP contribution in [-0.4, -0.2) is 7.11 Å². The summed E-state index contributed by atoms with van der Waals surface area (Å²) in [6, 6.07) is 4.18. The number of hydrogen-bond acceptors (Lipinski definition) is 3. The predicted octanol–water partition coefficient (Wildman–Crippen LogP) is 4.08. The molecule has 1 aromatic heterocycles. The van der Waals surface area contributed by atoms with Gasteiger partial charge in [0.05, 0.1) is 13.7 Å². The molecule has 0 atom stereocenters. The minimum absolute atomic E-state index is 0.0112. The summed E-state index contributed by atoms with van der Waals surface area (Å²) in [6.45, 7) is 7.06. The topological polar surface area (TPSA) is 48.4 Å². The molecule has 0 spiro atoms. The lowest BCUT2D eigenvalue weighted by Crippen LogP contribution is -2.11. The third kappa shape index (κ3) is 2.10. The van der Waals surface area contributed by atoms with Gasteiger partial charge in [-0.05, 0) is 36.3 Å². The second-order valence-corrected chi connectivity index (χ2v) is 6.72. The van der Waals surface area contributed by atoms with Gasteiger partial charge in [0.15, 0.2) is 0 Å². The van der Waals surface area contributed by atoms with Crippen LogP contribution in [0.5, 0.6) is 5.75 Å². The summed E-state index contributed by atoms with van der Waals surface area (Å²) in [4.78, 5) is 0. The molecule has 1 saturated carbocycles. The highest BCUT2D eigenvalue weighted by Gasteiger charge is 2.32. The van der Waals surface area contributed by atoms with E-state index in [9.17, 15) is 0 Å². The first kappa shape index (κ1) is 13.5. The molecule has 2 N–H and O–H groups in total. The zero-order valence-electron chi connectivity index (χ0n) is 12.7. The van der Waals surface area contributed by atoms with E-state index in [0.717, 1.165) is 17.1 Å². The van der Waals surface area contributed by atoms with E-state index in [1.165, 1.54) is 29.4 Å². The van der Waals surface area contributed by atoms with Crippen molar-refractivity contribution in [2.45, 2.75) is 51.5 Å². The third-order valence-corrected chi connectivity index (χ3v) is 4.09. The molecule has 0 saturated heterocycles. The Balaban J connectivity index is 2.34. The minimum atomic E-state index is 0.0112. The average Bonchev–Trinajstić information content (AvgIpc) is 3.16. The lowest BCUT2D eigenvalue weighted by atomic mass is 9.85. The van der Waals surface area contributed by atoms with Gasteiger partial charge in [0.25, 0.3) is 0 Å². The molecule has 0 unspecified atom stereocenters. The van der Waals surface area contributed by atoms with Gasteiger partial charge in [-0.3, -0.25) is 0 Å². The second kappa shape index (κ2) is 4.52. The number of rotatable bonds is 3. The van der Waals surface area contributed by atoms with E-state index in [-0.39, 0.29) is 5.41 Å². The fourth-order valence-corrected chi connectivity index (χ4v) is 2.89. The Morgan fingerprint density at radius 2 is 2.00 bits per heavy atom. The summed E-state index contributed by atoms with van der Waals surface area (Å²) in [6.07, 6.45) is 2.48. The maximum absolute atomic E-state index is 6.13. The van der Waals surface area contributed by atoms with Crippen LogP contribution >= 0.6 is 0 Å². The minimum Gasteiger partial charge on any atom is -0.497 e. The first-order valence-corrected chi connectivity index (χ1v) is 7.29. The highest BCUT2D eigenvalue weighted by atomic mass is 16.5. The fraction of sp³-hybridized carbons (Fsp3) is 0.529. The summed E-state index contributed by atoms with van der Waals surface area (Å²) in [7, 11) is 1.72. The molecule has 0 aliphatic heterocycles. The van der Waals surface area contributed by atoms with Crippen LogP contribution < -0.4 is 10.5 Å². The van der Waals surface area contributed by atoms with E-state index in [1.807, 2.05) is 0 Å². The molecule has 1 aromatic carbocycles. The quantitative estimate of drug-likeness (QED) is 0.916. The number of methoxy groups -OCH3 is 1. The molecule has 20 heavy (non-hydrogen) atoms. The third-order valence-electron chi connectivity index (χ3n) is 4.09. The van der Waals surface area contributed by atoms with Gasteiger partial charge in [0.2, 0.25) is 0 Å². The van der Waals surface area contributed by atoms with Crippen LogP contribution in [0.1, 0.15) is 56.4 Å². The number of hydrogen-bond donors (Lipinski definition) is 1. The van der Waals surface area contributed by atoms with Gasteiger partial charge in [-0.2, -0.15) is 0 Å². The Morgan fingerprint density at radius 3 is 2.50 bits per heavy atom. The summed E-state index contributed by atoms with van der Waals surface area (Å²) in [5.74, 6) is 2.46. The average molecular weight is 273 g/mol. The van der Waals surface area contributed by atoms with E-state index in [2.05, 4.69) is 32.9 Å². The summed E-state index contributed by atoms with van der Waals surface area (Å²) < 4.78 is 11.6. The smallest absolute Gasteiger partial charge is 0.138 e. The van der Waals surface area contributed by atoms with Crippen molar-refractivity contribution < 1.29 is 9.15 Å². The molecular formula is C17H23NO2. The summed E-state index contributed by atoms with van der Waals surface area (Å²) in [5, 5.41) is 1.19. The first-order valence-electron chi connectivity index (χ1n) is 7.29. The molecule has 1 fully saturated rings. The van der Waals surface area contributed by atoms with E-state index in [4.69, 9.17) is 14.9 Å². The zero-order chi connectivity index (χ0) is 14.5. The molecule has 0 bridgehead atoms. The maximum atomic E-state index is 6.13. The highest BCUT2D eigenvalue weighted by Crippen LogP contribution is 2.48. The van der Waals surface area contributed by atoms with Crippen molar-refractivity contribution >= 4 is 11.0 Å². The molecule has 1 heterocycles. The Kier molecular flexibility index (Phi) is 3.05. The molecule has 0 amide bonds. The lowest BCUT2D eigenvalue weighted by molar-refractivity contribution is 0.413. The van der Waals surface area contributed by atoms with Gasteiger partial charge in [0, 0.05) is 16.5 Å². The highest BCUT2D eigenvalue weighted by molar-refractivity contribution is 5.88. The van der Waals surface area contributed by atoms with E-state index < -0.39 is 0 Å². The van der Waals surface area contributed by atoms with Crippen LogP contribution in [0.15, 0.2) is 16.5 Å². The normalized spacial score (nSPS) is 15.8. The molecule has 1 aliphatic rings. The predicted molar refractivity (Wildman–Crippen MR) is 81.3 cm³/mol. The molecular weight excluding hydrogens is 250 g/mol. The Hall–Kier alpha value is -1.48. The van der Waals surface area contributed by atoms with Crippen molar-refractivity contribution in [3.8, 4) is 5.75 Å². The van der Waals surface area contributed by atoms with Crippen molar-refractivity contribution in [2.75, 3.05) is 7.11 Å². The van der Waals surface area contributed by atoms with Gasteiger partial charge in [-0.1, -0.05) is 20.8 Å². The maximum Gasteiger partial charge on any atom is 0.138 e. The van der Waals surface area contributed by atoms with Crippen molar-refractivity contribution in [2.24, 2.45) is 5.73 Å². The lowest BCUT2D eigenvalue weighted by Gasteiger charge is -2.20. The second-order valence-electron chi connectivity index (χ2n) is 6.72. The van der Waals surface area contributed by atoms with Crippen molar-refractivity contribution in [3.05, 3.63) is 29.0 Å². The van der Waals surface area contributed by atoms with Crippen LogP contribution in [0.4, 0.5) is 0 Å². The van der Waals surface area contributed by atoms with Gasteiger partial charge in [0.1, 0.15) is 17.1 Å². The largest absolute Gasteiger partial charge is 0.497 e. The first-order chi connectivity index (χ1) is 9.45. The molecule has 3 heteroatoms. The van der Waals surface area contributed by atoms with Gasteiger partial charge in [-0.25, -0.2) is 0 Å².